The smallest absolute Gasteiger partial charge is 0.204 e. The van der Waals surface area contributed by atoms with Crippen LogP contribution in [0.15, 0.2) is 29.0 Å². The van der Waals surface area contributed by atoms with Gasteiger partial charge in [-0.1, -0.05) is 0 Å². The Morgan fingerprint density at radius 1 is 1.33 bits per heavy atom. The van der Waals surface area contributed by atoms with Crippen LogP contribution in [-0.2, 0) is 0 Å². The van der Waals surface area contributed by atoms with Crippen molar-refractivity contribution >= 4 is 27.6 Å². The first-order valence-electron chi connectivity index (χ1n) is 4.08. The third-order valence-electron chi connectivity index (χ3n) is 1.75. The van der Waals surface area contributed by atoms with Crippen molar-refractivity contribution in [2.45, 2.75) is 0 Å². The van der Waals surface area contributed by atoms with Crippen molar-refractivity contribution in [3.8, 4) is 0 Å². The predicted octanol–water partition coefficient (Wildman–Crippen LogP) is 3.19. The number of imidazole rings is 1. The molecule has 0 aliphatic carbocycles. The second-order valence-corrected chi connectivity index (χ2v) is 3.66. The van der Waals surface area contributed by atoms with Gasteiger partial charge in [0.15, 0.2) is 5.82 Å². The number of hydrogen-bond donors (Lipinski definition) is 2. The quantitative estimate of drug-likeness (QED) is 0.882. The van der Waals surface area contributed by atoms with Crippen LogP contribution in [0.1, 0.15) is 0 Å². The van der Waals surface area contributed by atoms with E-state index in [2.05, 4.69) is 31.2 Å². The summed E-state index contributed by atoms with van der Waals surface area (Å²) in [5.74, 6) is -0.927. The number of hydrogen-bond acceptors (Lipinski definition) is 2. The molecule has 6 heteroatoms. The molecule has 2 N–H and O–H groups in total. The summed E-state index contributed by atoms with van der Waals surface area (Å²) in [4.78, 5) is 6.62. The van der Waals surface area contributed by atoms with Gasteiger partial charge in [0.05, 0.1) is 5.69 Å². The number of aromatic amines is 1. The molecule has 2 rings (SSSR count). The average molecular weight is 274 g/mol. The maximum atomic E-state index is 13.3. The van der Waals surface area contributed by atoms with Gasteiger partial charge < -0.3 is 10.3 Å². The zero-order valence-corrected chi connectivity index (χ0v) is 8.98. The summed E-state index contributed by atoms with van der Waals surface area (Å²) in [6, 6.07) is 1.98. The number of halogens is 3. The van der Waals surface area contributed by atoms with Gasteiger partial charge in [0.1, 0.15) is 5.82 Å². The minimum absolute atomic E-state index is 0.145. The number of aromatic nitrogens is 2. The Labute approximate surface area is 92.7 Å². The molecule has 0 aliphatic rings. The molecule has 0 saturated heterocycles. The number of benzene rings is 1. The van der Waals surface area contributed by atoms with Crippen molar-refractivity contribution in [3.05, 3.63) is 40.6 Å². The molecule has 1 heterocycles. The molecule has 0 bridgehead atoms. The van der Waals surface area contributed by atoms with E-state index in [1.165, 1.54) is 12.3 Å². The molecule has 0 aliphatic heterocycles. The standard InChI is InChI=1S/C9H6BrF2N3/c10-6-3-5(11)4-7(12)8(6)15-9-13-1-2-14-9/h1-4H,(H2,13,14,15). The van der Waals surface area contributed by atoms with Gasteiger partial charge in [0.25, 0.3) is 0 Å². The van der Waals surface area contributed by atoms with Crippen molar-refractivity contribution in [2.24, 2.45) is 0 Å². The van der Waals surface area contributed by atoms with Crippen LogP contribution in [0.2, 0.25) is 0 Å². The summed E-state index contributed by atoms with van der Waals surface area (Å²) in [5, 5.41) is 2.69. The predicted molar refractivity (Wildman–Crippen MR) is 55.9 cm³/mol. The lowest BCUT2D eigenvalue weighted by molar-refractivity contribution is 0.584. The largest absolute Gasteiger partial charge is 0.331 e. The van der Waals surface area contributed by atoms with Crippen molar-refractivity contribution in [2.75, 3.05) is 5.32 Å². The molecule has 2 aromatic rings. The van der Waals surface area contributed by atoms with Gasteiger partial charge in [-0.2, -0.15) is 0 Å². The lowest BCUT2D eigenvalue weighted by Crippen LogP contribution is -1.97. The van der Waals surface area contributed by atoms with Crippen LogP contribution >= 0.6 is 15.9 Å². The van der Waals surface area contributed by atoms with Gasteiger partial charge in [0, 0.05) is 22.9 Å². The van der Waals surface area contributed by atoms with E-state index in [9.17, 15) is 8.78 Å². The highest BCUT2D eigenvalue weighted by molar-refractivity contribution is 9.10. The fraction of sp³-hybridized carbons (Fsp3) is 0. The van der Waals surface area contributed by atoms with E-state index in [1.54, 1.807) is 6.20 Å². The van der Waals surface area contributed by atoms with Crippen molar-refractivity contribution < 1.29 is 8.78 Å². The fourth-order valence-electron chi connectivity index (χ4n) is 1.11. The van der Waals surface area contributed by atoms with Crippen molar-refractivity contribution in [1.82, 2.24) is 9.97 Å². The summed E-state index contributed by atoms with van der Waals surface area (Å²) in [7, 11) is 0. The second kappa shape index (κ2) is 3.98. The maximum Gasteiger partial charge on any atom is 0.204 e. The van der Waals surface area contributed by atoms with Crippen LogP contribution in [0.4, 0.5) is 20.4 Å². The van der Waals surface area contributed by atoms with Crippen LogP contribution in [0.5, 0.6) is 0 Å². The number of nitrogens with one attached hydrogen (secondary N) is 2. The Hall–Kier alpha value is -1.43. The van der Waals surface area contributed by atoms with Crippen molar-refractivity contribution in [3.63, 3.8) is 0 Å². The highest BCUT2D eigenvalue weighted by Crippen LogP contribution is 2.28. The SMILES string of the molecule is Fc1cc(F)c(Nc2ncc[nH]2)c(Br)c1. The Balaban J connectivity index is 2.36. The lowest BCUT2D eigenvalue weighted by atomic mass is 10.3. The van der Waals surface area contributed by atoms with E-state index < -0.39 is 11.6 Å². The van der Waals surface area contributed by atoms with Gasteiger partial charge in [-0.15, -0.1) is 0 Å². The van der Waals surface area contributed by atoms with Gasteiger partial charge in [-0.25, -0.2) is 13.8 Å². The van der Waals surface area contributed by atoms with E-state index in [4.69, 9.17) is 0 Å². The van der Waals surface area contributed by atoms with Crippen molar-refractivity contribution in [1.29, 1.82) is 0 Å². The average Bonchev–Trinajstić information content (AvgIpc) is 2.63. The normalized spacial score (nSPS) is 10.3. The van der Waals surface area contributed by atoms with E-state index in [-0.39, 0.29) is 5.69 Å². The molecule has 0 saturated carbocycles. The molecule has 1 aromatic heterocycles. The van der Waals surface area contributed by atoms with Crippen LogP contribution in [0.25, 0.3) is 0 Å². The monoisotopic (exact) mass is 273 g/mol. The number of nitrogens with zero attached hydrogens (tertiary/aromatic N) is 1. The second-order valence-electron chi connectivity index (χ2n) is 2.81. The Bertz CT molecular complexity index is 447. The maximum absolute atomic E-state index is 13.3. The van der Waals surface area contributed by atoms with Crippen LogP contribution in [-0.4, -0.2) is 9.97 Å². The van der Waals surface area contributed by atoms with Gasteiger partial charge in [-0.3, -0.25) is 0 Å². The highest BCUT2D eigenvalue weighted by Gasteiger charge is 2.10. The van der Waals surface area contributed by atoms with Gasteiger partial charge in [-0.05, 0) is 22.0 Å². The first-order chi connectivity index (χ1) is 7.16. The summed E-state index contributed by atoms with van der Waals surface area (Å²) in [6.07, 6.45) is 3.12. The van der Waals surface area contributed by atoms with E-state index >= 15 is 0 Å². The topological polar surface area (TPSA) is 40.7 Å². The van der Waals surface area contributed by atoms with E-state index in [0.29, 0.717) is 10.4 Å². The third kappa shape index (κ3) is 2.15. The summed E-state index contributed by atoms with van der Waals surface area (Å²) < 4.78 is 26.4. The highest BCUT2D eigenvalue weighted by atomic mass is 79.9. The Morgan fingerprint density at radius 2 is 2.13 bits per heavy atom. The summed E-state index contributed by atoms with van der Waals surface area (Å²) >= 11 is 3.06. The number of anilines is 2. The molecule has 1 aromatic carbocycles. The molecule has 0 radical (unpaired) electrons. The first-order valence-corrected chi connectivity index (χ1v) is 4.87. The zero-order valence-electron chi connectivity index (χ0n) is 7.39. The van der Waals surface area contributed by atoms with Crippen LogP contribution in [0.3, 0.4) is 0 Å². The van der Waals surface area contributed by atoms with Crippen LogP contribution < -0.4 is 5.32 Å². The minimum atomic E-state index is -0.682. The number of rotatable bonds is 2. The zero-order chi connectivity index (χ0) is 10.8. The Kier molecular flexibility index (Phi) is 2.68. The fourth-order valence-corrected chi connectivity index (χ4v) is 1.62. The molecular weight excluding hydrogens is 268 g/mol. The lowest BCUT2D eigenvalue weighted by Gasteiger charge is -2.06. The molecule has 0 amide bonds. The molecule has 78 valence electrons. The minimum Gasteiger partial charge on any atom is -0.331 e. The van der Waals surface area contributed by atoms with Crippen LogP contribution in [0, 0.1) is 11.6 Å². The van der Waals surface area contributed by atoms with E-state index in [1.807, 2.05) is 0 Å². The van der Waals surface area contributed by atoms with E-state index in [0.717, 1.165) is 6.07 Å². The first kappa shape index (κ1) is 10.1. The van der Waals surface area contributed by atoms with Gasteiger partial charge >= 0.3 is 0 Å². The van der Waals surface area contributed by atoms with Gasteiger partial charge in [0.2, 0.25) is 5.95 Å². The third-order valence-corrected chi connectivity index (χ3v) is 2.37. The molecule has 15 heavy (non-hydrogen) atoms. The molecular formula is C9H6BrF2N3. The summed E-state index contributed by atoms with van der Waals surface area (Å²) in [5.41, 5.74) is 0.145. The molecule has 0 fully saturated rings. The molecule has 3 nitrogen and oxygen atoms in total. The molecule has 0 unspecified atom stereocenters. The summed E-state index contributed by atoms with van der Waals surface area (Å²) in [6.45, 7) is 0. The Morgan fingerprint density at radius 3 is 2.73 bits per heavy atom. The number of H-pyrrole nitrogens is 1. The molecule has 0 atom stereocenters. The molecule has 0 spiro atoms.